The molecule has 0 unspecified atom stereocenters. The molecule has 12 heteroatoms. The quantitative estimate of drug-likeness (QED) is 0.552. The van der Waals surface area contributed by atoms with Crippen molar-refractivity contribution in [3.63, 3.8) is 0 Å². The molecule has 0 aliphatic carbocycles. The van der Waals surface area contributed by atoms with Gasteiger partial charge in [-0.3, -0.25) is 4.79 Å². The smallest absolute Gasteiger partial charge is 0.422 e. The largest absolute Gasteiger partial charge is 0.482 e. The van der Waals surface area contributed by atoms with Crippen LogP contribution in [0, 0.1) is 0 Å². The monoisotopic (exact) mass is 466 g/mol. The fraction of sp³-hybridized carbons (Fsp3) is 0.278. The first-order chi connectivity index (χ1) is 14.0. The third-order valence-corrected chi connectivity index (χ3v) is 5.28. The van der Waals surface area contributed by atoms with Gasteiger partial charge < -0.3 is 14.8 Å². The molecule has 0 aliphatic heterocycles. The standard InChI is InChI=1S/C18H18ClF3N2O5S/c1-28-8-7-23-30(26,27)14-4-2-3-12(9-14)17(25)24-15-10-13(19)5-6-16(15)29-11-18(20,21)22/h2-6,9-10,23H,7-8,11H2,1H3,(H,24,25). The Morgan fingerprint density at radius 3 is 2.57 bits per heavy atom. The number of carbonyl (C=O) groups is 1. The van der Waals surface area contributed by atoms with Crippen LogP contribution < -0.4 is 14.8 Å². The summed E-state index contributed by atoms with van der Waals surface area (Å²) < 4.78 is 73.7. The van der Waals surface area contributed by atoms with Gasteiger partial charge in [0, 0.05) is 24.2 Å². The number of halogens is 4. The molecule has 2 aromatic rings. The van der Waals surface area contributed by atoms with Crippen LogP contribution in [-0.2, 0) is 14.8 Å². The number of carbonyl (C=O) groups excluding carboxylic acids is 1. The minimum atomic E-state index is -4.57. The number of alkyl halides is 3. The van der Waals surface area contributed by atoms with Crippen LogP contribution in [0.3, 0.4) is 0 Å². The highest BCUT2D eigenvalue weighted by atomic mass is 35.5. The summed E-state index contributed by atoms with van der Waals surface area (Å²) in [5, 5.41) is 2.54. The topological polar surface area (TPSA) is 93.7 Å². The summed E-state index contributed by atoms with van der Waals surface area (Å²) in [4.78, 5) is 12.4. The van der Waals surface area contributed by atoms with Crippen molar-refractivity contribution < 1.29 is 35.9 Å². The molecule has 0 saturated carbocycles. The minimum Gasteiger partial charge on any atom is -0.482 e. The van der Waals surface area contributed by atoms with Crippen LogP contribution in [0.1, 0.15) is 10.4 Å². The normalized spacial score (nSPS) is 11.9. The number of hydrogen-bond acceptors (Lipinski definition) is 5. The number of anilines is 1. The summed E-state index contributed by atoms with van der Waals surface area (Å²) in [6, 6.07) is 8.85. The second kappa shape index (κ2) is 10.1. The van der Waals surface area contributed by atoms with Crippen LogP contribution in [0.2, 0.25) is 5.02 Å². The van der Waals surface area contributed by atoms with E-state index in [0.29, 0.717) is 0 Å². The average Bonchev–Trinajstić information content (AvgIpc) is 2.67. The molecule has 0 aromatic heterocycles. The van der Waals surface area contributed by atoms with Crippen LogP contribution in [0.5, 0.6) is 5.75 Å². The Bertz CT molecular complexity index is 1000. The lowest BCUT2D eigenvalue weighted by molar-refractivity contribution is -0.153. The third-order valence-electron chi connectivity index (χ3n) is 3.59. The molecule has 0 radical (unpaired) electrons. The van der Waals surface area contributed by atoms with Crippen molar-refractivity contribution in [1.29, 1.82) is 0 Å². The molecule has 30 heavy (non-hydrogen) atoms. The molecule has 2 N–H and O–H groups in total. The van der Waals surface area contributed by atoms with Crippen molar-refractivity contribution in [2.45, 2.75) is 11.1 Å². The third kappa shape index (κ3) is 7.17. The zero-order valence-electron chi connectivity index (χ0n) is 15.6. The molecule has 164 valence electrons. The highest BCUT2D eigenvalue weighted by Crippen LogP contribution is 2.30. The molecular weight excluding hydrogens is 449 g/mol. The first kappa shape index (κ1) is 23.9. The van der Waals surface area contributed by atoms with Crippen molar-refractivity contribution in [1.82, 2.24) is 4.72 Å². The minimum absolute atomic E-state index is 0.0358. The van der Waals surface area contributed by atoms with Crippen LogP contribution >= 0.6 is 11.6 Å². The highest BCUT2D eigenvalue weighted by molar-refractivity contribution is 7.89. The fourth-order valence-corrected chi connectivity index (χ4v) is 3.48. The first-order valence-electron chi connectivity index (χ1n) is 8.41. The van der Waals surface area contributed by atoms with Crippen molar-refractivity contribution >= 4 is 33.2 Å². The maximum Gasteiger partial charge on any atom is 0.422 e. The van der Waals surface area contributed by atoms with Gasteiger partial charge in [0.05, 0.1) is 17.2 Å². The lowest BCUT2D eigenvalue weighted by atomic mass is 10.2. The summed E-state index contributed by atoms with van der Waals surface area (Å²) in [5.74, 6) is -1.00. The number of amides is 1. The lowest BCUT2D eigenvalue weighted by Gasteiger charge is -2.14. The molecule has 0 saturated heterocycles. The Balaban J connectivity index is 2.21. The molecule has 0 fully saturated rings. The molecule has 0 bridgehead atoms. The molecule has 2 rings (SSSR count). The highest BCUT2D eigenvalue weighted by Gasteiger charge is 2.29. The second-order valence-electron chi connectivity index (χ2n) is 5.92. The molecule has 0 atom stereocenters. The summed E-state index contributed by atoms with van der Waals surface area (Å²) in [7, 11) is -2.46. The molecule has 7 nitrogen and oxygen atoms in total. The Morgan fingerprint density at radius 1 is 1.17 bits per heavy atom. The summed E-state index contributed by atoms with van der Waals surface area (Å²) in [5.41, 5.74) is -0.130. The zero-order valence-corrected chi connectivity index (χ0v) is 17.2. The molecule has 0 spiro atoms. The van der Waals surface area contributed by atoms with E-state index in [1.165, 1.54) is 43.5 Å². The maximum atomic E-state index is 12.6. The summed E-state index contributed by atoms with van der Waals surface area (Å²) in [6.45, 7) is -1.36. The van der Waals surface area contributed by atoms with E-state index in [9.17, 15) is 26.4 Å². The second-order valence-corrected chi connectivity index (χ2v) is 8.12. The Hall–Kier alpha value is -2.34. The van der Waals surface area contributed by atoms with Gasteiger partial charge in [-0.15, -0.1) is 0 Å². The van der Waals surface area contributed by atoms with E-state index in [4.69, 9.17) is 21.1 Å². The fourth-order valence-electron chi connectivity index (χ4n) is 2.25. The molecule has 0 heterocycles. The Morgan fingerprint density at radius 2 is 1.90 bits per heavy atom. The van der Waals surface area contributed by atoms with E-state index in [1.807, 2.05) is 0 Å². The van der Waals surface area contributed by atoms with Gasteiger partial charge in [0.15, 0.2) is 6.61 Å². The summed E-state index contributed by atoms with van der Waals surface area (Å²) in [6.07, 6.45) is -4.57. The van der Waals surface area contributed by atoms with Crippen molar-refractivity contribution in [2.75, 3.05) is 32.2 Å². The van der Waals surface area contributed by atoms with Crippen molar-refractivity contribution in [2.24, 2.45) is 0 Å². The molecule has 1 amide bonds. The number of ether oxygens (including phenoxy) is 2. The van der Waals surface area contributed by atoms with E-state index in [2.05, 4.69) is 10.0 Å². The van der Waals surface area contributed by atoms with Gasteiger partial charge in [0.2, 0.25) is 10.0 Å². The van der Waals surface area contributed by atoms with E-state index < -0.39 is 28.7 Å². The van der Waals surface area contributed by atoms with E-state index >= 15 is 0 Å². The zero-order chi connectivity index (χ0) is 22.4. The predicted molar refractivity (Wildman–Crippen MR) is 104 cm³/mol. The van der Waals surface area contributed by atoms with Crippen LogP contribution in [-0.4, -0.2) is 47.4 Å². The number of benzene rings is 2. The number of hydrogen-bond donors (Lipinski definition) is 2. The molecular formula is C18H18ClF3N2O5S. The van der Waals surface area contributed by atoms with Gasteiger partial charge in [-0.2, -0.15) is 13.2 Å². The van der Waals surface area contributed by atoms with Crippen molar-refractivity contribution in [3.05, 3.63) is 53.1 Å². The summed E-state index contributed by atoms with van der Waals surface area (Å²) >= 11 is 5.85. The van der Waals surface area contributed by atoms with Gasteiger partial charge in [-0.1, -0.05) is 17.7 Å². The van der Waals surface area contributed by atoms with E-state index in [1.54, 1.807) is 0 Å². The van der Waals surface area contributed by atoms with Gasteiger partial charge in [-0.05, 0) is 36.4 Å². The van der Waals surface area contributed by atoms with Crippen molar-refractivity contribution in [3.8, 4) is 5.75 Å². The van der Waals surface area contributed by atoms with Gasteiger partial charge in [0.25, 0.3) is 5.91 Å². The van der Waals surface area contributed by atoms with Gasteiger partial charge >= 0.3 is 6.18 Å². The number of nitrogens with one attached hydrogen (secondary N) is 2. The van der Waals surface area contributed by atoms with Crippen LogP contribution in [0.15, 0.2) is 47.4 Å². The lowest BCUT2D eigenvalue weighted by Crippen LogP contribution is -2.27. The van der Waals surface area contributed by atoms with Gasteiger partial charge in [-0.25, -0.2) is 13.1 Å². The number of rotatable bonds is 9. The van der Waals surface area contributed by atoms with Gasteiger partial charge in [0.1, 0.15) is 5.75 Å². The van der Waals surface area contributed by atoms with E-state index in [0.717, 1.165) is 6.07 Å². The maximum absolute atomic E-state index is 12.6. The van der Waals surface area contributed by atoms with Crippen LogP contribution in [0.25, 0.3) is 0 Å². The molecule has 0 aliphatic rings. The average molecular weight is 467 g/mol. The Kier molecular flexibility index (Phi) is 8.07. The predicted octanol–water partition coefficient (Wildman–Crippen LogP) is 3.46. The SMILES string of the molecule is COCCNS(=O)(=O)c1cccc(C(=O)Nc2cc(Cl)ccc2OCC(F)(F)F)c1. The van der Waals surface area contributed by atoms with E-state index in [-0.39, 0.29) is 40.1 Å². The number of methoxy groups -OCH3 is 1. The first-order valence-corrected chi connectivity index (χ1v) is 10.3. The Labute approximate surface area is 176 Å². The number of sulfonamides is 1. The van der Waals surface area contributed by atoms with Crippen LogP contribution in [0.4, 0.5) is 18.9 Å². The molecule has 2 aromatic carbocycles.